The topological polar surface area (TPSA) is 38.7 Å². The molecule has 0 aliphatic carbocycles. The predicted molar refractivity (Wildman–Crippen MR) is 266 cm³/mol. The minimum absolute atomic E-state index is 0.933. The molecule has 0 spiro atoms. The highest BCUT2D eigenvalue weighted by Crippen LogP contribution is 2.41. The third-order valence-corrected chi connectivity index (χ3v) is 12.1. The van der Waals surface area contributed by atoms with Gasteiger partial charge < -0.3 is 0 Å². The summed E-state index contributed by atoms with van der Waals surface area (Å²) in [5.41, 5.74) is 21.2. The molecule has 0 radical (unpaired) electrons. The Labute approximate surface area is 376 Å². The van der Waals surface area contributed by atoms with Crippen LogP contribution >= 0.6 is 0 Å². The maximum atomic E-state index is 4.73. The van der Waals surface area contributed by atoms with E-state index in [1.54, 1.807) is 0 Å². The first kappa shape index (κ1) is 40.1. The summed E-state index contributed by atoms with van der Waals surface area (Å²) in [4.78, 5) is 13.8. The molecule has 0 unspecified atom stereocenters. The Kier molecular flexibility index (Phi) is 11.9. The maximum absolute atomic E-state index is 4.73. The van der Waals surface area contributed by atoms with Crippen molar-refractivity contribution < 1.29 is 0 Å². The highest BCUT2D eigenvalue weighted by molar-refractivity contribution is 5.93. The summed E-state index contributed by atoms with van der Waals surface area (Å²) in [7, 11) is 0. The van der Waals surface area contributed by atoms with Gasteiger partial charge in [-0.2, -0.15) is 0 Å². The van der Waals surface area contributed by atoms with Crippen LogP contribution in [0.1, 0.15) is 22.3 Å². The van der Waals surface area contributed by atoms with Crippen molar-refractivity contribution in [2.24, 2.45) is 0 Å². The van der Waals surface area contributed by atoms with Crippen LogP contribution in [0.4, 0.5) is 0 Å². The van der Waals surface area contributed by atoms with Crippen molar-refractivity contribution in [3.05, 3.63) is 259 Å². The Morgan fingerprint density at radius 1 is 0.219 bits per heavy atom. The quantitative estimate of drug-likeness (QED) is 0.116. The summed E-state index contributed by atoms with van der Waals surface area (Å²) in [5.74, 6) is 0. The average molecular weight is 822 g/mol. The smallest absolute Gasteiger partial charge is 0.0702 e. The van der Waals surface area contributed by atoms with E-state index in [-0.39, 0.29) is 0 Å². The van der Waals surface area contributed by atoms with Crippen LogP contribution in [0.15, 0.2) is 237 Å². The Morgan fingerprint density at radius 2 is 0.625 bits per heavy atom. The van der Waals surface area contributed by atoms with E-state index in [2.05, 4.69) is 198 Å². The molecular weight excluding hydrogens is 775 g/mol. The molecule has 0 atom stereocenters. The summed E-state index contributed by atoms with van der Waals surface area (Å²) >= 11 is 0. The predicted octanol–water partition coefficient (Wildman–Crippen LogP) is 15.1. The number of hydrogen-bond donors (Lipinski definition) is 0. The van der Waals surface area contributed by atoms with E-state index in [9.17, 15) is 0 Å². The summed E-state index contributed by atoms with van der Waals surface area (Å²) in [5, 5.41) is 0. The SMILES string of the molecule is c1ccc(-c2ccc(-c3cc(-c4ccccn4)ccc3-c3ccccc3-c3cc(CCc4ccc(-c5ccccn5)cc4)cc(CCc4ccc(-c5ccccn5)cc4)c3)cc2)cc1. The van der Waals surface area contributed by atoms with Crippen LogP contribution in [0, 0.1) is 0 Å². The number of hydrogen-bond acceptors (Lipinski definition) is 3. The fourth-order valence-electron chi connectivity index (χ4n) is 8.69. The first-order valence-electron chi connectivity index (χ1n) is 22.1. The normalized spacial score (nSPS) is 11.1. The van der Waals surface area contributed by atoms with E-state index in [1.807, 2.05) is 48.9 Å². The second kappa shape index (κ2) is 18.9. The van der Waals surface area contributed by atoms with Gasteiger partial charge in [0.05, 0.1) is 17.1 Å². The number of pyridine rings is 3. The van der Waals surface area contributed by atoms with Crippen LogP contribution in [0.3, 0.4) is 0 Å². The summed E-state index contributed by atoms with van der Waals surface area (Å²) < 4.78 is 0. The van der Waals surface area contributed by atoms with Crippen molar-refractivity contribution in [3.8, 4) is 78.3 Å². The zero-order chi connectivity index (χ0) is 42.9. The average Bonchev–Trinajstić information content (AvgIpc) is 3.38. The van der Waals surface area contributed by atoms with Crippen LogP contribution in [-0.2, 0) is 25.7 Å². The van der Waals surface area contributed by atoms with Crippen molar-refractivity contribution in [3.63, 3.8) is 0 Å². The van der Waals surface area contributed by atoms with E-state index in [1.165, 1.54) is 66.8 Å². The molecule has 0 aliphatic heterocycles. The van der Waals surface area contributed by atoms with Crippen molar-refractivity contribution in [1.82, 2.24) is 15.0 Å². The summed E-state index contributed by atoms with van der Waals surface area (Å²) in [6.07, 6.45) is 9.33. The Balaban J connectivity index is 1.01. The van der Waals surface area contributed by atoms with Crippen molar-refractivity contribution in [1.29, 1.82) is 0 Å². The number of rotatable bonds is 13. The van der Waals surface area contributed by atoms with Crippen LogP contribution in [0.2, 0.25) is 0 Å². The van der Waals surface area contributed by atoms with Crippen LogP contribution in [-0.4, -0.2) is 15.0 Å². The van der Waals surface area contributed by atoms with Gasteiger partial charge in [0.2, 0.25) is 0 Å². The largest absolute Gasteiger partial charge is 0.256 e. The molecule has 3 heteroatoms. The van der Waals surface area contributed by atoms with Gasteiger partial charge in [0.1, 0.15) is 0 Å². The zero-order valence-corrected chi connectivity index (χ0v) is 35.7. The zero-order valence-electron chi connectivity index (χ0n) is 35.7. The lowest BCUT2D eigenvalue weighted by molar-refractivity contribution is 0.931. The molecule has 0 saturated carbocycles. The lowest BCUT2D eigenvalue weighted by Crippen LogP contribution is -1.98. The molecule has 3 aromatic heterocycles. The van der Waals surface area contributed by atoms with Gasteiger partial charge in [0.15, 0.2) is 0 Å². The minimum Gasteiger partial charge on any atom is -0.256 e. The van der Waals surface area contributed by atoms with Crippen LogP contribution < -0.4 is 0 Å². The molecule has 306 valence electrons. The molecular formula is C61H47N3. The van der Waals surface area contributed by atoms with Gasteiger partial charge in [-0.15, -0.1) is 0 Å². The highest BCUT2D eigenvalue weighted by Gasteiger charge is 2.16. The first-order valence-corrected chi connectivity index (χ1v) is 22.1. The number of benzene rings is 7. The third-order valence-electron chi connectivity index (χ3n) is 12.1. The fourth-order valence-corrected chi connectivity index (χ4v) is 8.69. The molecule has 3 heterocycles. The van der Waals surface area contributed by atoms with Gasteiger partial charge in [0.25, 0.3) is 0 Å². The lowest BCUT2D eigenvalue weighted by atomic mass is 9.86. The minimum atomic E-state index is 0.933. The Hall–Kier alpha value is -8.01. The van der Waals surface area contributed by atoms with E-state index in [0.29, 0.717) is 0 Å². The van der Waals surface area contributed by atoms with E-state index in [0.717, 1.165) is 59.5 Å². The van der Waals surface area contributed by atoms with Crippen molar-refractivity contribution in [2.45, 2.75) is 25.7 Å². The standard InChI is InChI=1S/C61H47N3/c1-2-12-48(13-3-1)49-31-33-50(34-32-49)58-43-53(61-18-8-11-39-64-61)35-36-57(58)56-15-5-4-14-55(56)54-41-46(21-19-44-23-27-51(28-24-44)59-16-6-9-37-62-59)40-47(42-54)22-20-45-25-29-52(30-26-45)60-17-7-10-38-63-60/h1-18,23-43H,19-22H2. The molecule has 0 bridgehead atoms. The third kappa shape index (κ3) is 9.25. The van der Waals surface area contributed by atoms with E-state index >= 15 is 0 Å². The molecule has 0 fully saturated rings. The van der Waals surface area contributed by atoms with Gasteiger partial charge in [-0.05, 0) is 135 Å². The Bertz CT molecular complexity index is 2990. The Morgan fingerprint density at radius 3 is 1.16 bits per heavy atom. The number of aromatic nitrogens is 3. The van der Waals surface area contributed by atoms with Gasteiger partial charge in [0, 0.05) is 35.3 Å². The molecule has 7 aromatic carbocycles. The molecule has 3 nitrogen and oxygen atoms in total. The molecule has 0 N–H and O–H groups in total. The van der Waals surface area contributed by atoms with Crippen LogP contribution in [0.5, 0.6) is 0 Å². The van der Waals surface area contributed by atoms with Crippen molar-refractivity contribution >= 4 is 0 Å². The van der Waals surface area contributed by atoms with E-state index in [4.69, 9.17) is 4.98 Å². The second-order valence-electron chi connectivity index (χ2n) is 16.3. The van der Waals surface area contributed by atoms with Gasteiger partial charge >= 0.3 is 0 Å². The van der Waals surface area contributed by atoms with Gasteiger partial charge in [-0.3, -0.25) is 15.0 Å². The molecule has 10 rings (SSSR count). The summed E-state index contributed by atoms with van der Waals surface area (Å²) in [6.45, 7) is 0. The number of aryl methyl sites for hydroxylation is 4. The van der Waals surface area contributed by atoms with Crippen molar-refractivity contribution in [2.75, 3.05) is 0 Å². The summed E-state index contributed by atoms with van der Waals surface area (Å²) in [6, 6.07) is 78.6. The lowest BCUT2D eigenvalue weighted by Gasteiger charge is -2.18. The molecule has 64 heavy (non-hydrogen) atoms. The van der Waals surface area contributed by atoms with E-state index < -0.39 is 0 Å². The van der Waals surface area contributed by atoms with Gasteiger partial charge in [-0.25, -0.2) is 0 Å². The maximum Gasteiger partial charge on any atom is 0.0702 e. The molecule has 0 aliphatic rings. The van der Waals surface area contributed by atoms with Crippen LogP contribution in [0.25, 0.3) is 78.3 Å². The monoisotopic (exact) mass is 821 g/mol. The molecule has 10 aromatic rings. The number of nitrogens with zero attached hydrogens (tertiary/aromatic N) is 3. The molecule has 0 saturated heterocycles. The second-order valence-corrected chi connectivity index (χ2v) is 16.3. The van der Waals surface area contributed by atoms with Gasteiger partial charge in [-0.1, -0.05) is 176 Å². The fraction of sp³-hybridized carbons (Fsp3) is 0.0656. The highest BCUT2D eigenvalue weighted by atomic mass is 14.7. The first-order chi connectivity index (χ1) is 31.7. The molecule has 0 amide bonds.